The molecule has 0 bridgehead atoms. The lowest BCUT2D eigenvalue weighted by Gasteiger charge is -2.19. The third kappa shape index (κ3) is 2.62. The Hall–Kier alpha value is -2.40. The highest BCUT2D eigenvalue weighted by molar-refractivity contribution is 6.34. The number of amides is 1. The molecule has 20 heavy (non-hydrogen) atoms. The molecule has 0 saturated carbocycles. The molecule has 0 radical (unpaired) electrons. The van der Waals surface area contributed by atoms with Crippen molar-refractivity contribution in [3.05, 3.63) is 58.9 Å². The number of hydrogen-bond acceptors (Lipinski definition) is 3. The third-order valence-corrected chi connectivity index (χ3v) is 3.13. The standard InChI is InChI=1S/C14H11ClN2O3/c1-17(12-5-3-2-4-9(12)14(19)20)13(18)10-8-16-7-6-11(10)15/h2-8H,1H3,(H,19,20). The molecule has 1 aromatic carbocycles. The molecule has 0 unspecified atom stereocenters. The van der Waals surface area contributed by atoms with Crippen LogP contribution in [0, 0.1) is 0 Å². The molecular weight excluding hydrogens is 280 g/mol. The van der Waals surface area contributed by atoms with Gasteiger partial charge in [-0.1, -0.05) is 23.7 Å². The monoisotopic (exact) mass is 290 g/mol. The minimum atomic E-state index is -1.10. The number of anilines is 1. The number of para-hydroxylation sites is 1. The van der Waals surface area contributed by atoms with Gasteiger partial charge < -0.3 is 10.0 Å². The average molecular weight is 291 g/mol. The molecule has 6 heteroatoms. The summed E-state index contributed by atoms with van der Waals surface area (Å²) in [5.74, 6) is -1.52. The molecule has 1 heterocycles. The van der Waals surface area contributed by atoms with Gasteiger partial charge in [-0.25, -0.2) is 4.79 Å². The van der Waals surface area contributed by atoms with Crippen molar-refractivity contribution in [2.24, 2.45) is 0 Å². The van der Waals surface area contributed by atoms with Gasteiger partial charge in [-0.15, -0.1) is 0 Å². The Morgan fingerprint density at radius 3 is 2.55 bits per heavy atom. The zero-order valence-electron chi connectivity index (χ0n) is 10.6. The molecule has 0 aliphatic rings. The highest BCUT2D eigenvalue weighted by Gasteiger charge is 2.20. The van der Waals surface area contributed by atoms with E-state index in [1.807, 2.05) is 0 Å². The van der Waals surface area contributed by atoms with Crippen molar-refractivity contribution in [2.75, 3.05) is 11.9 Å². The zero-order chi connectivity index (χ0) is 14.7. The third-order valence-electron chi connectivity index (χ3n) is 2.80. The van der Waals surface area contributed by atoms with E-state index in [1.54, 1.807) is 18.2 Å². The number of halogens is 1. The maximum absolute atomic E-state index is 12.3. The summed E-state index contributed by atoms with van der Waals surface area (Å²) >= 11 is 5.95. The SMILES string of the molecule is CN(C(=O)c1cnccc1Cl)c1ccccc1C(=O)O. The topological polar surface area (TPSA) is 70.5 Å². The Bertz CT molecular complexity index is 673. The lowest BCUT2D eigenvalue weighted by Crippen LogP contribution is -2.28. The molecule has 2 aromatic rings. The summed E-state index contributed by atoms with van der Waals surface area (Å²) in [6, 6.07) is 7.77. The van der Waals surface area contributed by atoms with E-state index in [0.29, 0.717) is 5.69 Å². The first-order valence-electron chi connectivity index (χ1n) is 5.72. The van der Waals surface area contributed by atoms with Crippen LogP contribution in [0.15, 0.2) is 42.7 Å². The second-order valence-electron chi connectivity index (χ2n) is 4.04. The van der Waals surface area contributed by atoms with Crippen molar-refractivity contribution in [3.63, 3.8) is 0 Å². The first-order chi connectivity index (χ1) is 9.52. The quantitative estimate of drug-likeness (QED) is 0.943. The van der Waals surface area contributed by atoms with Gasteiger partial charge in [-0.3, -0.25) is 9.78 Å². The number of aromatic nitrogens is 1. The Morgan fingerprint density at radius 1 is 1.20 bits per heavy atom. The summed E-state index contributed by atoms with van der Waals surface area (Å²) < 4.78 is 0. The molecule has 0 aliphatic heterocycles. The first-order valence-corrected chi connectivity index (χ1v) is 6.10. The minimum Gasteiger partial charge on any atom is -0.478 e. The van der Waals surface area contributed by atoms with Crippen LogP contribution in [0.1, 0.15) is 20.7 Å². The van der Waals surface area contributed by atoms with Crippen LogP contribution in [0.3, 0.4) is 0 Å². The van der Waals surface area contributed by atoms with Gasteiger partial charge >= 0.3 is 5.97 Å². The summed E-state index contributed by atoms with van der Waals surface area (Å²) in [6.07, 6.45) is 2.83. The molecular formula is C14H11ClN2O3. The van der Waals surface area contributed by atoms with Crippen molar-refractivity contribution in [1.29, 1.82) is 0 Å². The van der Waals surface area contributed by atoms with Gasteiger partial charge in [0, 0.05) is 19.4 Å². The van der Waals surface area contributed by atoms with E-state index in [0.717, 1.165) is 0 Å². The second-order valence-corrected chi connectivity index (χ2v) is 4.45. The Kier molecular flexibility index (Phi) is 4.00. The fourth-order valence-electron chi connectivity index (χ4n) is 1.77. The van der Waals surface area contributed by atoms with Gasteiger partial charge in [0.05, 0.1) is 21.8 Å². The highest BCUT2D eigenvalue weighted by atomic mass is 35.5. The van der Waals surface area contributed by atoms with Crippen LogP contribution in [-0.2, 0) is 0 Å². The molecule has 0 fully saturated rings. The first kappa shape index (κ1) is 14.0. The molecule has 2 rings (SSSR count). The number of carboxylic acid groups (broad SMARTS) is 1. The van der Waals surface area contributed by atoms with E-state index in [9.17, 15) is 9.59 Å². The predicted octanol–water partition coefficient (Wildman–Crippen LogP) is 2.71. The fourth-order valence-corrected chi connectivity index (χ4v) is 1.96. The summed E-state index contributed by atoms with van der Waals surface area (Å²) in [5, 5.41) is 9.41. The minimum absolute atomic E-state index is 0.0448. The van der Waals surface area contributed by atoms with Gasteiger partial charge in [-0.05, 0) is 18.2 Å². The van der Waals surface area contributed by atoms with Gasteiger partial charge in [-0.2, -0.15) is 0 Å². The van der Waals surface area contributed by atoms with Gasteiger partial charge in [0.15, 0.2) is 0 Å². The smallest absolute Gasteiger partial charge is 0.337 e. The normalized spacial score (nSPS) is 10.1. The van der Waals surface area contributed by atoms with Crippen molar-refractivity contribution >= 4 is 29.2 Å². The number of benzene rings is 1. The molecule has 1 N–H and O–H groups in total. The molecule has 0 atom stereocenters. The van der Waals surface area contributed by atoms with Gasteiger partial charge in [0.2, 0.25) is 0 Å². The van der Waals surface area contributed by atoms with E-state index in [4.69, 9.17) is 16.7 Å². The number of carbonyl (C=O) groups excluding carboxylic acids is 1. The molecule has 1 amide bonds. The van der Waals surface area contributed by atoms with E-state index in [1.165, 1.54) is 36.5 Å². The number of nitrogens with zero attached hydrogens (tertiary/aromatic N) is 2. The molecule has 5 nitrogen and oxygen atoms in total. The van der Waals surface area contributed by atoms with Crippen LogP contribution in [0.2, 0.25) is 5.02 Å². The Balaban J connectivity index is 2.42. The lowest BCUT2D eigenvalue weighted by atomic mass is 10.1. The van der Waals surface area contributed by atoms with Crippen LogP contribution >= 0.6 is 11.6 Å². The second kappa shape index (κ2) is 5.71. The summed E-state index contributed by atoms with van der Waals surface area (Å²) in [4.78, 5) is 28.6. The van der Waals surface area contributed by atoms with Crippen molar-refractivity contribution in [2.45, 2.75) is 0 Å². The predicted molar refractivity (Wildman–Crippen MR) is 75.4 cm³/mol. The van der Waals surface area contributed by atoms with Crippen molar-refractivity contribution < 1.29 is 14.7 Å². The fraction of sp³-hybridized carbons (Fsp3) is 0.0714. The van der Waals surface area contributed by atoms with E-state index in [-0.39, 0.29) is 16.1 Å². The highest BCUT2D eigenvalue weighted by Crippen LogP contribution is 2.23. The zero-order valence-corrected chi connectivity index (χ0v) is 11.3. The number of rotatable bonds is 3. The number of pyridine rings is 1. The molecule has 0 saturated heterocycles. The molecule has 0 aliphatic carbocycles. The molecule has 102 valence electrons. The van der Waals surface area contributed by atoms with E-state index >= 15 is 0 Å². The van der Waals surface area contributed by atoms with Gasteiger partial charge in [0.25, 0.3) is 5.91 Å². The van der Waals surface area contributed by atoms with Gasteiger partial charge in [0.1, 0.15) is 0 Å². The number of aromatic carboxylic acids is 1. The summed E-state index contributed by atoms with van der Waals surface area (Å²) in [7, 11) is 1.49. The van der Waals surface area contributed by atoms with Crippen molar-refractivity contribution in [3.8, 4) is 0 Å². The number of carbonyl (C=O) groups is 2. The summed E-state index contributed by atoms with van der Waals surface area (Å²) in [5.41, 5.74) is 0.560. The largest absolute Gasteiger partial charge is 0.478 e. The van der Waals surface area contributed by atoms with Crippen LogP contribution < -0.4 is 4.90 Å². The number of carboxylic acids is 1. The maximum Gasteiger partial charge on any atom is 0.337 e. The maximum atomic E-state index is 12.3. The Labute approximate surface area is 120 Å². The van der Waals surface area contributed by atoms with Crippen LogP contribution in [0.4, 0.5) is 5.69 Å². The van der Waals surface area contributed by atoms with Crippen LogP contribution in [0.5, 0.6) is 0 Å². The average Bonchev–Trinajstić information content (AvgIpc) is 2.46. The van der Waals surface area contributed by atoms with Crippen LogP contribution in [-0.4, -0.2) is 29.0 Å². The number of hydrogen-bond donors (Lipinski definition) is 1. The summed E-state index contributed by atoms with van der Waals surface area (Å²) in [6.45, 7) is 0. The van der Waals surface area contributed by atoms with E-state index < -0.39 is 11.9 Å². The molecule has 0 spiro atoms. The Morgan fingerprint density at radius 2 is 1.90 bits per heavy atom. The van der Waals surface area contributed by atoms with Crippen molar-refractivity contribution in [1.82, 2.24) is 4.98 Å². The van der Waals surface area contributed by atoms with Crippen LogP contribution in [0.25, 0.3) is 0 Å². The lowest BCUT2D eigenvalue weighted by molar-refractivity contribution is 0.0697. The van der Waals surface area contributed by atoms with E-state index in [2.05, 4.69) is 4.98 Å². The molecule has 1 aromatic heterocycles.